The Bertz CT molecular complexity index is 771. The lowest BCUT2D eigenvalue weighted by Crippen LogP contribution is -2.14. The highest BCUT2D eigenvalue weighted by Crippen LogP contribution is 2.23. The molecule has 0 aliphatic rings. The minimum atomic E-state index is -0.451. The number of benzene rings is 2. The van der Waals surface area contributed by atoms with Crippen LogP contribution < -0.4 is 5.32 Å². The predicted molar refractivity (Wildman–Crippen MR) is 89.6 cm³/mol. The van der Waals surface area contributed by atoms with Crippen molar-refractivity contribution in [1.82, 2.24) is 0 Å². The second kappa shape index (κ2) is 6.93. The molecule has 0 heterocycles. The lowest BCUT2D eigenvalue weighted by Gasteiger charge is -2.08. The Morgan fingerprint density at radius 3 is 2.50 bits per heavy atom. The molecule has 0 unspecified atom stereocenters. The zero-order valence-corrected chi connectivity index (χ0v) is 13.1. The average Bonchev–Trinajstić information content (AvgIpc) is 2.51. The molecule has 4 heteroatoms. The molecule has 2 rings (SSSR count). The van der Waals surface area contributed by atoms with Crippen LogP contribution in [-0.2, 0) is 4.79 Å². The first-order valence-electron chi connectivity index (χ1n) is 6.76. The summed E-state index contributed by atoms with van der Waals surface area (Å²) in [6.45, 7) is 3.79. The average molecular weight is 311 g/mol. The summed E-state index contributed by atoms with van der Waals surface area (Å²) in [5.41, 5.74) is 3.34. The first kappa shape index (κ1) is 15.8. The highest BCUT2D eigenvalue weighted by Gasteiger charge is 2.11. The fourth-order valence-corrected chi connectivity index (χ4v) is 2.09. The van der Waals surface area contributed by atoms with Crippen molar-refractivity contribution in [3.05, 3.63) is 69.8 Å². The number of hydrogen-bond acceptors (Lipinski definition) is 2. The van der Waals surface area contributed by atoms with E-state index in [1.54, 1.807) is 24.3 Å². The van der Waals surface area contributed by atoms with E-state index in [-0.39, 0.29) is 5.57 Å². The second-order valence-electron chi connectivity index (χ2n) is 4.95. The molecule has 3 nitrogen and oxygen atoms in total. The Morgan fingerprint density at radius 2 is 1.86 bits per heavy atom. The van der Waals surface area contributed by atoms with E-state index in [0.29, 0.717) is 10.7 Å². The third kappa shape index (κ3) is 3.75. The first-order chi connectivity index (χ1) is 10.5. The van der Waals surface area contributed by atoms with Gasteiger partial charge in [0.25, 0.3) is 5.91 Å². The van der Waals surface area contributed by atoms with Crippen molar-refractivity contribution in [2.24, 2.45) is 0 Å². The zero-order chi connectivity index (χ0) is 16.1. The monoisotopic (exact) mass is 310 g/mol. The van der Waals surface area contributed by atoms with Crippen LogP contribution >= 0.6 is 11.6 Å². The van der Waals surface area contributed by atoms with E-state index in [2.05, 4.69) is 5.32 Å². The molecule has 0 atom stereocenters. The summed E-state index contributed by atoms with van der Waals surface area (Å²) < 4.78 is 0. The van der Waals surface area contributed by atoms with Crippen LogP contribution in [0.4, 0.5) is 5.69 Å². The van der Waals surface area contributed by atoms with Gasteiger partial charge in [0, 0.05) is 10.7 Å². The van der Waals surface area contributed by atoms with E-state index in [9.17, 15) is 10.1 Å². The van der Waals surface area contributed by atoms with Gasteiger partial charge in [-0.05, 0) is 43.2 Å². The lowest BCUT2D eigenvalue weighted by molar-refractivity contribution is -0.112. The molecule has 0 saturated carbocycles. The van der Waals surface area contributed by atoms with Crippen molar-refractivity contribution < 1.29 is 4.79 Å². The van der Waals surface area contributed by atoms with Gasteiger partial charge in [-0.15, -0.1) is 0 Å². The van der Waals surface area contributed by atoms with Crippen molar-refractivity contribution in [2.45, 2.75) is 13.8 Å². The number of nitrogens with zero attached hydrogens (tertiary/aromatic N) is 1. The summed E-state index contributed by atoms with van der Waals surface area (Å²) in [5.74, 6) is -0.451. The van der Waals surface area contributed by atoms with E-state index in [0.717, 1.165) is 16.7 Å². The van der Waals surface area contributed by atoms with Crippen LogP contribution in [0.2, 0.25) is 5.02 Å². The molecule has 0 aliphatic heterocycles. The number of carbonyl (C=O) groups excluding carboxylic acids is 1. The van der Waals surface area contributed by atoms with Crippen molar-refractivity contribution in [2.75, 3.05) is 5.32 Å². The van der Waals surface area contributed by atoms with Crippen LogP contribution in [0.15, 0.2) is 48.0 Å². The van der Waals surface area contributed by atoms with Gasteiger partial charge in [-0.1, -0.05) is 47.5 Å². The van der Waals surface area contributed by atoms with Gasteiger partial charge in [-0.2, -0.15) is 5.26 Å². The second-order valence-corrected chi connectivity index (χ2v) is 5.35. The van der Waals surface area contributed by atoms with Gasteiger partial charge in [0.1, 0.15) is 11.6 Å². The summed E-state index contributed by atoms with van der Waals surface area (Å²) in [7, 11) is 0. The Morgan fingerprint density at radius 1 is 1.18 bits per heavy atom. The highest BCUT2D eigenvalue weighted by atomic mass is 35.5. The van der Waals surface area contributed by atoms with Crippen molar-refractivity contribution in [3.63, 3.8) is 0 Å². The molecule has 0 fully saturated rings. The van der Waals surface area contributed by atoms with E-state index < -0.39 is 5.91 Å². The Balaban J connectivity index is 2.24. The summed E-state index contributed by atoms with van der Waals surface area (Å²) in [6, 6.07) is 14.8. The van der Waals surface area contributed by atoms with Gasteiger partial charge in [0.2, 0.25) is 0 Å². The van der Waals surface area contributed by atoms with Crippen LogP contribution in [0.5, 0.6) is 0 Å². The van der Waals surface area contributed by atoms with E-state index >= 15 is 0 Å². The molecule has 0 bridgehead atoms. The van der Waals surface area contributed by atoms with Crippen LogP contribution in [0.3, 0.4) is 0 Å². The zero-order valence-electron chi connectivity index (χ0n) is 12.4. The number of halogens is 1. The number of hydrogen-bond donors (Lipinski definition) is 1. The quantitative estimate of drug-likeness (QED) is 0.670. The molecule has 1 N–H and O–H groups in total. The number of rotatable bonds is 3. The fraction of sp³-hybridized carbons (Fsp3) is 0.111. The van der Waals surface area contributed by atoms with Gasteiger partial charge in [0.05, 0.1) is 0 Å². The van der Waals surface area contributed by atoms with E-state index in [4.69, 9.17) is 11.6 Å². The summed E-state index contributed by atoms with van der Waals surface area (Å²) >= 11 is 6.02. The predicted octanol–water partition coefficient (Wildman–Crippen LogP) is 4.50. The van der Waals surface area contributed by atoms with E-state index in [1.807, 2.05) is 44.2 Å². The number of nitrogens with one attached hydrogen (secondary N) is 1. The van der Waals surface area contributed by atoms with E-state index in [1.165, 1.54) is 0 Å². The SMILES string of the molecule is Cc1ccc(/C=C(\C#N)C(=O)Nc2cccc(Cl)c2C)cc1. The number of aryl methyl sites for hydroxylation is 1. The molecular formula is C18H15ClN2O. The maximum Gasteiger partial charge on any atom is 0.266 e. The van der Waals surface area contributed by atoms with Crippen molar-refractivity contribution >= 4 is 29.3 Å². The number of amides is 1. The summed E-state index contributed by atoms with van der Waals surface area (Å²) in [5, 5.41) is 12.5. The molecule has 2 aromatic rings. The largest absolute Gasteiger partial charge is 0.321 e. The third-order valence-electron chi connectivity index (χ3n) is 3.27. The third-order valence-corrected chi connectivity index (χ3v) is 3.68. The standard InChI is InChI=1S/C18H15ClN2O/c1-12-6-8-14(9-7-12)10-15(11-20)18(22)21-17-5-3-4-16(19)13(17)2/h3-10H,1-2H3,(H,21,22)/b15-10+. The van der Waals surface area contributed by atoms with Crippen LogP contribution in [-0.4, -0.2) is 5.91 Å². The van der Waals surface area contributed by atoms with Gasteiger partial charge < -0.3 is 5.32 Å². The van der Waals surface area contributed by atoms with Crippen molar-refractivity contribution in [1.29, 1.82) is 5.26 Å². The maximum absolute atomic E-state index is 12.2. The Hall–Kier alpha value is -2.57. The molecule has 2 aromatic carbocycles. The molecule has 0 aromatic heterocycles. The van der Waals surface area contributed by atoms with Crippen LogP contribution in [0.25, 0.3) is 6.08 Å². The molecule has 22 heavy (non-hydrogen) atoms. The van der Waals surface area contributed by atoms with Gasteiger partial charge >= 0.3 is 0 Å². The normalized spacial score (nSPS) is 10.9. The molecule has 110 valence electrons. The number of anilines is 1. The smallest absolute Gasteiger partial charge is 0.266 e. The van der Waals surface area contributed by atoms with Gasteiger partial charge in [-0.25, -0.2) is 0 Å². The minimum Gasteiger partial charge on any atom is -0.321 e. The maximum atomic E-state index is 12.2. The number of carbonyl (C=O) groups is 1. The molecule has 0 spiro atoms. The van der Waals surface area contributed by atoms with Crippen LogP contribution in [0, 0.1) is 25.2 Å². The minimum absolute atomic E-state index is 0.0447. The lowest BCUT2D eigenvalue weighted by atomic mass is 10.1. The summed E-state index contributed by atoms with van der Waals surface area (Å²) in [4.78, 5) is 12.2. The summed E-state index contributed by atoms with van der Waals surface area (Å²) in [6.07, 6.45) is 1.56. The Kier molecular flexibility index (Phi) is 4.98. The Labute approximate surface area is 134 Å². The first-order valence-corrected chi connectivity index (χ1v) is 7.14. The van der Waals surface area contributed by atoms with Gasteiger partial charge in [-0.3, -0.25) is 4.79 Å². The molecule has 0 aliphatic carbocycles. The number of nitriles is 1. The topological polar surface area (TPSA) is 52.9 Å². The molecule has 0 saturated heterocycles. The molecular weight excluding hydrogens is 296 g/mol. The van der Waals surface area contributed by atoms with Crippen molar-refractivity contribution in [3.8, 4) is 6.07 Å². The van der Waals surface area contributed by atoms with Gasteiger partial charge in [0.15, 0.2) is 0 Å². The van der Waals surface area contributed by atoms with Crippen LogP contribution in [0.1, 0.15) is 16.7 Å². The fourth-order valence-electron chi connectivity index (χ4n) is 1.91. The highest BCUT2D eigenvalue weighted by molar-refractivity contribution is 6.31. The molecule has 0 radical (unpaired) electrons. The molecule has 1 amide bonds.